The van der Waals surface area contributed by atoms with Gasteiger partial charge in [0, 0.05) is 13.1 Å². The number of hydrogen-bond acceptors (Lipinski definition) is 4. The van der Waals surface area contributed by atoms with Crippen molar-refractivity contribution in [2.75, 3.05) is 27.3 Å². The first kappa shape index (κ1) is 17.3. The molecule has 4 nitrogen and oxygen atoms in total. The topological polar surface area (TPSA) is 41.9 Å². The summed E-state index contributed by atoms with van der Waals surface area (Å²) in [6.45, 7) is 4.37. The van der Waals surface area contributed by atoms with E-state index in [-0.39, 0.29) is 0 Å². The molecule has 0 aromatic heterocycles. The molecule has 124 valence electrons. The van der Waals surface area contributed by atoms with E-state index in [2.05, 4.69) is 24.0 Å². The van der Waals surface area contributed by atoms with Crippen LogP contribution in [0.4, 0.5) is 0 Å². The summed E-state index contributed by atoms with van der Waals surface area (Å²) in [7, 11) is 3.20. The first-order chi connectivity index (χ1) is 11.2. The molecule has 0 bridgehead atoms. The molecule has 0 aliphatic rings. The van der Waals surface area contributed by atoms with Crippen LogP contribution < -0.4 is 9.47 Å². The molecule has 2 rings (SSSR count). The van der Waals surface area contributed by atoms with Gasteiger partial charge in [-0.25, -0.2) is 0 Å². The second-order valence-electron chi connectivity index (χ2n) is 5.44. The van der Waals surface area contributed by atoms with Crippen LogP contribution in [0.5, 0.6) is 11.5 Å². The van der Waals surface area contributed by atoms with Gasteiger partial charge in [-0.05, 0) is 29.8 Å². The van der Waals surface area contributed by atoms with Gasteiger partial charge in [-0.2, -0.15) is 0 Å². The van der Waals surface area contributed by atoms with Gasteiger partial charge >= 0.3 is 0 Å². The molecule has 0 unspecified atom stereocenters. The predicted molar refractivity (Wildman–Crippen MR) is 91.9 cm³/mol. The lowest BCUT2D eigenvalue weighted by molar-refractivity contribution is 0.112. The van der Waals surface area contributed by atoms with Crippen molar-refractivity contribution < 1.29 is 14.6 Å². The number of hydrogen-bond donors (Lipinski definition) is 1. The predicted octanol–water partition coefficient (Wildman–Crippen LogP) is 3.26. The highest BCUT2D eigenvalue weighted by molar-refractivity contribution is 5.43. The standard InChI is InChI=1S/C19H25NO3/c1-4-20(13-15-8-6-5-7-9-15)14-17(21)16-10-11-18(22-2)19(12-16)23-3/h5-12,17,21H,4,13-14H2,1-3H3/t17-/m1/s1. The number of methoxy groups -OCH3 is 2. The maximum absolute atomic E-state index is 10.5. The third-order valence-electron chi connectivity index (χ3n) is 3.92. The minimum Gasteiger partial charge on any atom is -0.493 e. The molecule has 2 aromatic carbocycles. The summed E-state index contributed by atoms with van der Waals surface area (Å²) in [6, 6.07) is 15.8. The zero-order valence-electron chi connectivity index (χ0n) is 14.0. The lowest BCUT2D eigenvalue weighted by atomic mass is 10.1. The highest BCUT2D eigenvalue weighted by Gasteiger charge is 2.15. The largest absolute Gasteiger partial charge is 0.493 e. The first-order valence-corrected chi connectivity index (χ1v) is 7.84. The Labute approximate surface area is 138 Å². The fraction of sp³-hybridized carbons (Fsp3) is 0.368. The van der Waals surface area contributed by atoms with Crippen molar-refractivity contribution in [1.29, 1.82) is 0 Å². The number of likely N-dealkylation sites (N-methyl/N-ethyl adjacent to an activating group) is 1. The number of nitrogens with zero attached hydrogens (tertiary/aromatic N) is 1. The van der Waals surface area contributed by atoms with Crippen molar-refractivity contribution in [3.05, 3.63) is 59.7 Å². The third kappa shape index (κ3) is 4.71. The van der Waals surface area contributed by atoms with E-state index in [0.29, 0.717) is 18.0 Å². The number of rotatable bonds is 8. The van der Waals surface area contributed by atoms with Crippen LogP contribution in [0.15, 0.2) is 48.5 Å². The molecule has 0 fully saturated rings. The fourth-order valence-corrected chi connectivity index (χ4v) is 2.56. The van der Waals surface area contributed by atoms with Gasteiger partial charge in [0.2, 0.25) is 0 Å². The van der Waals surface area contributed by atoms with Crippen molar-refractivity contribution in [2.24, 2.45) is 0 Å². The molecule has 23 heavy (non-hydrogen) atoms. The molecule has 0 aliphatic carbocycles. The smallest absolute Gasteiger partial charge is 0.161 e. The Morgan fingerprint density at radius 3 is 2.30 bits per heavy atom. The molecule has 0 saturated heterocycles. The minimum atomic E-state index is -0.571. The van der Waals surface area contributed by atoms with Crippen LogP contribution in [0, 0.1) is 0 Å². The number of ether oxygens (including phenoxy) is 2. The molecule has 0 aliphatic heterocycles. The lowest BCUT2D eigenvalue weighted by Crippen LogP contribution is -2.28. The van der Waals surface area contributed by atoms with Crippen molar-refractivity contribution in [1.82, 2.24) is 4.90 Å². The van der Waals surface area contributed by atoms with Crippen LogP contribution in [0.2, 0.25) is 0 Å². The normalized spacial score (nSPS) is 12.2. The Morgan fingerprint density at radius 1 is 1.00 bits per heavy atom. The Morgan fingerprint density at radius 2 is 1.70 bits per heavy atom. The van der Waals surface area contributed by atoms with Gasteiger partial charge in [0.05, 0.1) is 20.3 Å². The van der Waals surface area contributed by atoms with E-state index in [9.17, 15) is 5.11 Å². The fourth-order valence-electron chi connectivity index (χ4n) is 2.56. The van der Waals surface area contributed by atoms with Crippen LogP contribution in [-0.2, 0) is 6.54 Å². The number of benzene rings is 2. The Balaban J connectivity index is 2.05. The van der Waals surface area contributed by atoms with E-state index in [1.807, 2.05) is 36.4 Å². The highest BCUT2D eigenvalue weighted by atomic mass is 16.5. The minimum absolute atomic E-state index is 0.570. The summed E-state index contributed by atoms with van der Waals surface area (Å²) in [5.41, 5.74) is 2.07. The van der Waals surface area contributed by atoms with E-state index < -0.39 is 6.10 Å². The molecule has 1 atom stereocenters. The molecule has 0 heterocycles. The Bertz CT molecular complexity index is 601. The Hall–Kier alpha value is -2.04. The van der Waals surface area contributed by atoms with Gasteiger partial charge in [-0.15, -0.1) is 0 Å². The summed E-state index contributed by atoms with van der Waals surface area (Å²) >= 11 is 0. The lowest BCUT2D eigenvalue weighted by Gasteiger charge is -2.24. The van der Waals surface area contributed by atoms with E-state index >= 15 is 0 Å². The summed E-state index contributed by atoms with van der Waals surface area (Å²) in [5, 5.41) is 10.5. The van der Waals surface area contributed by atoms with Crippen LogP contribution in [-0.4, -0.2) is 37.3 Å². The van der Waals surface area contributed by atoms with Gasteiger partial charge in [0.15, 0.2) is 11.5 Å². The van der Waals surface area contributed by atoms with Gasteiger partial charge < -0.3 is 14.6 Å². The van der Waals surface area contributed by atoms with E-state index in [1.165, 1.54) is 5.56 Å². The molecule has 2 aromatic rings. The van der Waals surface area contributed by atoms with Crippen molar-refractivity contribution >= 4 is 0 Å². The van der Waals surface area contributed by atoms with Gasteiger partial charge in [0.1, 0.15) is 0 Å². The van der Waals surface area contributed by atoms with Crippen molar-refractivity contribution in [3.63, 3.8) is 0 Å². The van der Waals surface area contributed by atoms with E-state index in [1.54, 1.807) is 14.2 Å². The summed E-state index contributed by atoms with van der Waals surface area (Å²) in [6.07, 6.45) is -0.571. The molecular formula is C19H25NO3. The van der Waals surface area contributed by atoms with Crippen LogP contribution in [0.25, 0.3) is 0 Å². The van der Waals surface area contributed by atoms with E-state index in [4.69, 9.17) is 9.47 Å². The molecule has 4 heteroatoms. The molecule has 0 saturated carbocycles. The van der Waals surface area contributed by atoms with E-state index in [0.717, 1.165) is 18.7 Å². The summed E-state index contributed by atoms with van der Waals surface area (Å²) in [4.78, 5) is 2.22. The van der Waals surface area contributed by atoms with Crippen LogP contribution >= 0.6 is 0 Å². The van der Waals surface area contributed by atoms with Crippen molar-refractivity contribution in [3.8, 4) is 11.5 Å². The highest BCUT2D eigenvalue weighted by Crippen LogP contribution is 2.30. The number of aliphatic hydroxyl groups excluding tert-OH is 1. The molecule has 0 radical (unpaired) electrons. The van der Waals surface area contributed by atoms with Crippen LogP contribution in [0.1, 0.15) is 24.2 Å². The summed E-state index contributed by atoms with van der Waals surface area (Å²) in [5.74, 6) is 1.30. The van der Waals surface area contributed by atoms with Gasteiger partial charge in [-0.3, -0.25) is 4.90 Å². The molecule has 0 amide bonds. The zero-order chi connectivity index (χ0) is 16.7. The second kappa shape index (κ2) is 8.56. The monoisotopic (exact) mass is 315 g/mol. The maximum Gasteiger partial charge on any atom is 0.161 e. The second-order valence-corrected chi connectivity index (χ2v) is 5.44. The third-order valence-corrected chi connectivity index (χ3v) is 3.92. The molecular weight excluding hydrogens is 290 g/mol. The number of aliphatic hydroxyl groups is 1. The summed E-state index contributed by atoms with van der Waals surface area (Å²) < 4.78 is 10.5. The first-order valence-electron chi connectivity index (χ1n) is 7.84. The zero-order valence-corrected chi connectivity index (χ0v) is 14.0. The Kier molecular flexibility index (Phi) is 6.44. The quantitative estimate of drug-likeness (QED) is 0.812. The van der Waals surface area contributed by atoms with Crippen LogP contribution in [0.3, 0.4) is 0 Å². The maximum atomic E-state index is 10.5. The average Bonchev–Trinajstić information content (AvgIpc) is 2.61. The van der Waals surface area contributed by atoms with Gasteiger partial charge in [-0.1, -0.05) is 43.3 Å². The SMILES string of the molecule is CCN(Cc1ccccc1)C[C@@H](O)c1ccc(OC)c(OC)c1. The molecule has 1 N–H and O–H groups in total. The molecule has 0 spiro atoms. The van der Waals surface area contributed by atoms with Crippen molar-refractivity contribution in [2.45, 2.75) is 19.6 Å². The average molecular weight is 315 g/mol. The van der Waals surface area contributed by atoms with Gasteiger partial charge in [0.25, 0.3) is 0 Å².